The molecule has 2 aromatic rings. The van der Waals surface area contributed by atoms with Gasteiger partial charge in [-0.05, 0) is 46.9 Å². The van der Waals surface area contributed by atoms with Crippen LogP contribution in [0.15, 0.2) is 49.1 Å². The number of halogens is 3. The molecule has 3 rings (SSSR count). The fourth-order valence-electron chi connectivity index (χ4n) is 3.23. The van der Waals surface area contributed by atoms with Crippen molar-refractivity contribution in [1.29, 1.82) is 5.26 Å². The Morgan fingerprint density at radius 2 is 1.94 bits per heavy atom. The van der Waals surface area contributed by atoms with E-state index in [1.165, 1.54) is 12.1 Å². The Balaban J connectivity index is 1.79. The molecule has 1 fully saturated rings. The third kappa shape index (κ3) is 6.45. The highest BCUT2D eigenvalue weighted by Gasteiger charge is 2.33. The van der Waals surface area contributed by atoms with E-state index in [1.54, 1.807) is 24.3 Å². The predicted octanol–water partition coefficient (Wildman–Crippen LogP) is 4.62. The maximum absolute atomic E-state index is 13.2. The highest BCUT2D eigenvalue weighted by molar-refractivity contribution is 5.71. The summed E-state index contributed by atoms with van der Waals surface area (Å²) in [5, 5.41) is 15.6. The van der Waals surface area contributed by atoms with Crippen LogP contribution in [0.25, 0.3) is 12.2 Å². The molecule has 0 radical (unpaired) electrons. The first kappa shape index (κ1) is 22.6. The van der Waals surface area contributed by atoms with E-state index in [1.807, 2.05) is 18.2 Å². The standard InChI is InChI=1S/C24H24F3N3O/c1-2-7-31-22-9-18(8-19(10-22)13-29-14-20-15-30-16-20)4-3-17-5-6-21(12-28)23(11-17)24(25,26)27/h2-6,8-11,20,29-30H,1,7,13-16H2/b4-3+. The van der Waals surface area contributed by atoms with Crippen molar-refractivity contribution in [3.8, 4) is 11.8 Å². The first-order chi connectivity index (χ1) is 14.9. The van der Waals surface area contributed by atoms with Crippen molar-refractivity contribution in [2.75, 3.05) is 26.2 Å². The Morgan fingerprint density at radius 3 is 2.58 bits per heavy atom. The van der Waals surface area contributed by atoms with Crippen molar-refractivity contribution in [2.24, 2.45) is 5.92 Å². The van der Waals surface area contributed by atoms with Crippen LogP contribution in [-0.2, 0) is 12.7 Å². The Kier molecular flexibility index (Phi) is 7.50. The lowest BCUT2D eigenvalue weighted by atomic mass is 10.0. The first-order valence-corrected chi connectivity index (χ1v) is 9.97. The third-order valence-electron chi connectivity index (χ3n) is 4.92. The molecule has 0 amide bonds. The van der Waals surface area contributed by atoms with Crippen LogP contribution in [0.4, 0.5) is 13.2 Å². The van der Waals surface area contributed by atoms with Gasteiger partial charge in [0.25, 0.3) is 0 Å². The van der Waals surface area contributed by atoms with Gasteiger partial charge in [-0.25, -0.2) is 0 Å². The van der Waals surface area contributed by atoms with Crippen LogP contribution in [0.1, 0.15) is 27.8 Å². The molecule has 0 aromatic heterocycles. The van der Waals surface area contributed by atoms with Gasteiger partial charge < -0.3 is 15.4 Å². The highest BCUT2D eigenvalue weighted by Crippen LogP contribution is 2.33. The normalized spacial score (nSPS) is 14.3. The molecular weight excluding hydrogens is 403 g/mol. The molecule has 0 aliphatic carbocycles. The number of hydrogen-bond acceptors (Lipinski definition) is 4. The fourth-order valence-corrected chi connectivity index (χ4v) is 3.23. The van der Waals surface area contributed by atoms with Gasteiger partial charge in [0.05, 0.1) is 17.2 Å². The lowest BCUT2D eigenvalue weighted by molar-refractivity contribution is -0.137. The predicted molar refractivity (Wildman–Crippen MR) is 115 cm³/mol. The summed E-state index contributed by atoms with van der Waals surface area (Å²) in [6, 6.07) is 11.0. The number of alkyl halides is 3. The molecule has 2 aromatic carbocycles. The average Bonchev–Trinajstić information content (AvgIpc) is 2.71. The molecule has 2 N–H and O–H groups in total. The molecule has 7 heteroatoms. The summed E-state index contributed by atoms with van der Waals surface area (Å²) in [4.78, 5) is 0. The van der Waals surface area contributed by atoms with Crippen molar-refractivity contribution in [2.45, 2.75) is 12.7 Å². The van der Waals surface area contributed by atoms with Gasteiger partial charge in [-0.1, -0.05) is 36.9 Å². The van der Waals surface area contributed by atoms with Crippen LogP contribution in [-0.4, -0.2) is 26.2 Å². The van der Waals surface area contributed by atoms with Gasteiger partial charge >= 0.3 is 6.18 Å². The molecule has 162 valence electrons. The van der Waals surface area contributed by atoms with Gasteiger partial charge in [-0.15, -0.1) is 0 Å². The molecule has 31 heavy (non-hydrogen) atoms. The number of benzene rings is 2. The number of ether oxygens (including phenoxy) is 1. The van der Waals surface area contributed by atoms with Gasteiger partial charge in [0.1, 0.15) is 12.4 Å². The first-order valence-electron chi connectivity index (χ1n) is 9.97. The second-order valence-corrected chi connectivity index (χ2v) is 7.41. The maximum Gasteiger partial charge on any atom is 0.417 e. The molecule has 0 atom stereocenters. The van der Waals surface area contributed by atoms with Crippen LogP contribution in [0.5, 0.6) is 5.75 Å². The van der Waals surface area contributed by atoms with Gasteiger partial charge in [0, 0.05) is 26.2 Å². The zero-order chi connectivity index (χ0) is 22.3. The van der Waals surface area contributed by atoms with E-state index in [4.69, 9.17) is 10.00 Å². The number of rotatable bonds is 9. The fraction of sp³-hybridized carbons (Fsp3) is 0.292. The molecule has 0 spiro atoms. The molecule has 1 aliphatic heterocycles. The summed E-state index contributed by atoms with van der Waals surface area (Å²) >= 11 is 0. The number of nitrogens with one attached hydrogen (secondary N) is 2. The van der Waals surface area contributed by atoms with Crippen LogP contribution < -0.4 is 15.4 Å². The summed E-state index contributed by atoms with van der Waals surface area (Å²) < 4.78 is 45.3. The second-order valence-electron chi connectivity index (χ2n) is 7.41. The van der Waals surface area contributed by atoms with Crippen molar-refractivity contribution in [1.82, 2.24) is 10.6 Å². The Labute approximate surface area is 180 Å². The Morgan fingerprint density at radius 1 is 1.16 bits per heavy atom. The smallest absolute Gasteiger partial charge is 0.417 e. The Hall–Kier alpha value is -3.08. The van der Waals surface area contributed by atoms with E-state index < -0.39 is 11.7 Å². The average molecular weight is 427 g/mol. The summed E-state index contributed by atoms with van der Waals surface area (Å²) in [7, 11) is 0. The number of nitriles is 1. The van der Waals surface area contributed by atoms with Crippen molar-refractivity contribution in [3.63, 3.8) is 0 Å². The van der Waals surface area contributed by atoms with E-state index >= 15 is 0 Å². The SMILES string of the molecule is C=CCOc1cc(/C=C/c2ccc(C#N)c(C(F)(F)F)c2)cc(CNCC2CNC2)c1. The van der Waals surface area contributed by atoms with Gasteiger partial charge in [-0.2, -0.15) is 18.4 Å². The lowest BCUT2D eigenvalue weighted by Crippen LogP contribution is -2.47. The zero-order valence-corrected chi connectivity index (χ0v) is 17.0. The summed E-state index contributed by atoms with van der Waals surface area (Å²) in [5.41, 5.74) is 0.863. The molecule has 0 saturated carbocycles. The van der Waals surface area contributed by atoms with Crippen molar-refractivity contribution < 1.29 is 17.9 Å². The van der Waals surface area contributed by atoms with Crippen LogP contribution >= 0.6 is 0 Å². The summed E-state index contributed by atoms with van der Waals surface area (Å²) in [5.74, 6) is 1.30. The van der Waals surface area contributed by atoms with Crippen molar-refractivity contribution in [3.05, 3.63) is 76.9 Å². The van der Waals surface area contributed by atoms with Gasteiger partial charge in [0.2, 0.25) is 0 Å². The molecular formula is C24H24F3N3O. The van der Waals surface area contributed by atoms with E-state index in [0.29, 0.717) is 30.4 Å². The van der Waals surface area contributed by atoms with Crippen molar-refractivity contribution >= 4 is 12.2 Å². The van der Waals surface area contributed by atoms with Gasteiger partial charge in [-0.3, -0.25) is 0 Å². The minimum absolute atomic E-state index is 0.359. The second kappa shape index (κ2) is 10.3. The zero-order valence-electron chi connectivity index (χ0n) is 17.0. The number of hydrogen-bond donors (Lipinski definition) is 2. The van der Waals surface area contributed by atoms with E-state index in [0.717, 1.165) is 36.8 Å². The monoisotopic (exact) mass is 427 g/mol. The van der Waals surface area contributed by atoms with E-state index in [-0.39, 0.29) is 5.56 Å². The third-order valence-corrected chi connectivity index (χ3v) is 4.92. The summed E-state index contributed by atoms with van der Waals surface area (Å²) in [6.07, 6.45) is 0.406. The quantitative estimate of drug-likeness (QED) is 0.453. The minimum Gasteiger partial charge on any atom is -0.490 e. The summed E-state index contributed by atoms with van der Waals surface area (Å²) in [6.45, 7) is 7.64. The van der Waals surface area contributed by atoms with Gasteiger partial charge in [0.15, 0.2) is 0 Å². The van der Waals surface area contributed by atoms with Crippen LogP contribution in [0.2, 0.25) is 0 Å². The highest BCUT2D eigenvalue weighted by atomic mass is 19.4. The lowest BCUT2D eigenvalue weighted by Gasteiger charge is -2.27. The molecule has 1 heterocycles. The van der Waals surface area contributed by atoms with E-state index in [9.17, 15) is 13.2 Å². The molecule has 0 unspecified atom stereocenters. The maximum atomic E-state index is 13.2. The topological polar surface area (TPSA) is 57.1 Å². The molecule has 0 bridgehead atoms. The molecule has 1 aliphatic rings. The van der Waals surface area contributed by atoms with Crippen LogP contribution in [0, 0.1) is 17.2 Å². The number of nitrogens with zero attached hydrogens (tertiary/aromatic N) is 1. The molecule has 1 saturated heterocycles. The van der Waals surface area contributed by atoms with Crippen LogP contribution in [0.3, 0.4) is 0 Å². The van der Waals surface area contributed by atoms with E-state index in [2.05, 4.69) is 17.2 Å². The minimum atomic E-state index is -4.58. The largest absolute Gasteiger partial charge is 0.490 e. The Bertz CT molecular complexity index is 989. The molecule has 4 nitrogen and oxygen atoms in total.